The second-order valence-corrected chi connectivity index (χ2v) is 5.78. The second-order valence-electron chi connectivity index (χ2n) is 5.78. The van der Waals surface area contributed by atoms with E-state index in [0.717, 1.165) is 12.8 Å². The maximum atomic E-state index is 11.9. The van der Waals surface area contributed by atoms with Gasteiger partial charge in [0, 0.05) is 19.5 Å². The number of carboxylic acid groups (broad SMARTS) is 1. The van der Waals surface area contributed by atoms with Gasteiger partial charge in [-0.1, -0.05) is 0 Å². The average molecular weight is 283 g/mol. The van der Waals surface area contributed by atoms with Crippen molar-refractivity contribution in [3.8, 4) is 0 Å². The molecule has 1 N–H and O–H groups in total. The highest BCUT2D eigenvalue weighted by Crippen LogP contribution is 2.31. The van der Waals surface area contributed by atoms with Crippen molar-refractivity contribution in [2.45, 2.75) is 32.1 Å². The molecule has 1 saturated carbocycles. The number of rotatable bonds is 4. The van der Waals surface area contributed by atoms with Gasteiger partial charge in [-0.05, 0) is 31.6 Å². The summed E-state index contributed by atoms with van der Waals surface area (Å²) in [7, 11) is 1.34. The molecule has 1 saturated heterocycles. The molecule has 1 atom stereocenters. The lowest BCUT2D eigenvalue weighted by Crippen LogP contribution is -2.34. The molecule has 1 amide bonds. The SMILES string of the molecule is COC(=O)C1CC(=O)N(CC2CCC(C(=O)O)CC2)C1. The van der Waals surface area contributed by atoms with Crippen molar-refractivity contribution in [3.05, 3.63) is 0 Å². The number of amides is 1. The summed E-state index contributed by atoms with van der Waals surface area (Å²) in [6.45, 7) is 1.07. The molecule has 6 nitrogen and oxygen atoms in total. The van der Waals surface area contributed by atoms with Gasteiger partial charge in [-0.2, -0.15) is 0 Å². The van der Waals surface area contributed by atoms with Crippen molar-refractivity contribution in [1.82, 2.24) is 4.90 Å². The summed E-state index contributed by atoms with van der Waals surface area (Å²) in [6.07, 6.45) is 3.27. The molecule has 1 aliphatic carbocycles. The van der Waals surface area contributed by atoms with Crippen LogP contribution in [0.2, 0.25) is 0 Å². The molecule has 0 bridgehead atoms. The van der Waals surface area contributed by atoms with Crippen LogP contribution < -0.4 is 0 Å². The Labute approximate surface area is 118 Å². The average Bonchev–Trinajstić information content (AvgIpc) is 2.80. The molecule has 6 heteroatoms. The van der Waals surface area contributed by atoms with Gasteiger partial charge in [0.1, 0.15) is 0 Å². The van der Waals surface area contributed by atoms with Crippen molar-refractivity contribution < 1.29 is 24.2 Å². The van der Waals surface area contributed by atoms with Crippen molar-refractivity contribution in [3.63, 3.8) is 0 Å². The molecular weight excluding hydrogens is 262 g/mol. The van der Waals surface area contributed by atoms with Crippen molar-refractivity contribution in [2.24, 2.45) is 17.8 Å². The standard InChI is InChI=1S/C14H21NO5/c1-20-14(19)11-6-12(16)15(8-11)7-9-2-4-10(5-3-9)13(17)18/h9-11H,2-8H2,1H3,(H,17,18). The fourth-order valence-corrected chi connectivity index (χ4v) is 3.18. The zero-order valence-electron chi connectivity index (χ0n) is 11.7. The third-order valence-corrected chi connectivity index (χ3v) is 4.42. The van der Waals surface area contributed by atoms with Crippen molar-refractivity contribution in [2.75, 3.05) is 20.2 Å². The molecule has 0 aromatic carbocycles. The monoisotopic (exact) mass is 283 g/mol. The van der Waals surface area contributed by atoms with E-state index in [1.165, 1.54) is 7.11 Å². The highest BCUT2D eigenvalue weighted by Gasteiger charge is 2.36. The van der Waals surface area contributed by atoms with Crippen LogP contribution in [0.3, 0.4) is 0 Å². The molecule has 0 aromatic heterocycles. The van der Waals surface area contributed by atoms with E-state index >= 15 is 0 Å². The van der Waals surface area contributed by atoms with E-state index in [1.54, 1.807) is 4.90 Å². The summed E-state index contributed by atoms with van der Waals surface area (Å²) in [5, 5.41) is 8.96. The Morgan fingerprint density at radius 2 is 1.90 bits per heavy atom. The molecule has 1 heterocycles. The lowest BCUT2D eigenvalue weighted by molar-refractivity contribution is -0.145. The molecule has 2 fully saturated rings. The zero-order chi connectivity index (χ0) is 14.7. The Morgan fingerprint density at radius 1 is 1.25 bits per heavy atom. The van der Waals surface area contributed by atoms with Crippen LogP contribution in [-0.2, 0) is 19.1 Å². The van der Waals surface area contributed by atoms with Crippen LogP contribution in [0.1, 0.15) is 32.1 Å². The van der Waals surface area contributed by atoms with Gasteiger partial charge < -0.3 is 14.7 Å². The highest BCUT2D eigenvalue weighted by atomic mass is 16.5. The molecular formula is C14H21NO5. The minimum absolute atomic E-state index is 0.000702. The molecule has 2 aliphatic rings. The van der Waals surface area contributed by atoms with E-state index in [9.17, 15) is 14.4 Å². The normalized spacial score (nSPS) is 30.4. The summed E-state index contributed by atoms with van der Waals surface area (Å²) in [6, 6.07) is 0. The summed E-state index contributed by atoms with van der Waals surface area (Å²) in [5.74, 6) is -1.26. The Morgan fingerprint density at radius 3 is 2.45 bits per heavy atom. The first kappa shape index (κ1) is 14.8. The Balaban J connectivity index is 1.81. The summed E-state index contributed by atoms with van der Waals surface area (Å²) in [4.78, 5) is 35.9. The minimum atomic E-state index is -0.716. The number of likely N-dealkylation sites (tertiary alicyclic amines) is 1. The quantitative estimate of drug-likeness (QED) is 0.775. The number of esters is 1. The maximum absolute atomic E-state index is 11.9. The Kier molecular flexibility index (Phi) is 4.62. The number of carbonyl (C=O) groups is 3. The number of hydrogen-bond acceptors (Lipinski definition) is 4. The van der Waals surface area contributed by atoms with Gasteiger partial charge in [0.2, 0.25) is 5.91 Å². The number of carbonyl (C=O) groups excluding carboxylic acids is 2. The van der Waals surface area contributed by atoms with Crippen LogP contribution >= 0.6 is 0 Å². The van der Waals surface area contributed by atoms with Gasteiger partial charge in [-0.25, -0.2) is 0 Å². The van der Waals surface area contributed by atoms with E-state index in [2.05, 4.69) is 4.74 Å². The summed E-state index contributed by atoms with van der Waals surface area (Å²) in [5.41, 5.74) is 0. The maximum Gasteiger partial charge on any atom is 0.310 e. The molecule has 0 aromatic rings. The van der Waals surface area contributed by atoms with Crippen LogP contribution in [-0.4, -0.2) is 48.1 Å². The van der Waals surface area contributed by atoms with E-state index in [1.807, 2.05) is 0 Å². The summed E-state index contributed by atoms with van der Waals surface area (Å²) >= 11 is 0. The van der Waals surface area contributed by atoms with Crippen LogP contribution in [0.25, 0.3) is 0 Å². The second kappa shape index (κ2) is 6.24. The fraction of sp³-hybridized carbons (Fsp3) is 0.786. The van der Waals surface area contributed by atoms with Gasteiger partial charge in [0.05, 0.1) is 18.9 Å². The van der Waals surface area contributed by atoms with Gasteiger partial charge >= 0.3 is 11.9 Å². The first-order chi connectivity index (χ1) is 9.51. The number of hydrogen-bond donors (Lipinski definition) is 1. The Bertz CT molecular complexity index is 400. The topological polar surface area (TPSA) is 83.9 Å². The molecule has 20 heavy (non-hydrogen) atoms. The molecule has 1 unspecified atom stereocenters. The fourth-order valence-electron chi connectivity index (χ4n) is 3.18. The van der Waals surface area contributed by atoms with Crippen LogP contribution in [0.5, 0.6) is 0 Å². The highest BCUT2D eigenvalue weighted by molar-refractivity contribution is 5.86. The smallest absolute Gasteiger partial charge is 0.310 e. The van der Waals surface area contributed by atoms with Crippen LogP contribution in [0, 0.1) is 17.8 Å². The third-order valence-electron chi connectivity index (χ3n) is 4.42. The number of ether oxygens (including phenoxy) is 1. The Hall–Kier alpha value is -1.59. The van der Waals surface area contributed by atoms with Gasteiger partial charge in [0.15, 0.2) is 0 Å². The van der Waals surface area contributed by atoms with Crippen LogP contribution in [0.15, 0.2) is 0 Å². The predicted molar refractivity (Wildman–Crippen MR) is 69.8 cm³/mol. The lowest BCUT2D eigenvalue weighted by Gasteiger charge is -2.29. The van der Waals surface area contributed by atoms with Crippen molar-refractivity contribution in [1.29, 1.82) is 0 Å². The van der Waals surface area contributed by atoms with E-state index in [0.29, 0.717) is 31.8 Å². The van der Waals surface area contributed by atoms with Gasteiger partial charge in [-0.15, -0.1) is 0 Å². The first-order valence-corrected chi connectivity index (χ1v) is 7.09. The number of nitrogens with zero attached hydrogens (tertiary/aromatic N) is 1. The van der Waals surface area contributed by atoms with E-state index in [-0.39, 0.29) is 30.1 Å². The number of aliphatic carboxylic acids is 1. The molecule has 0 spiro atoms. The van der Waals surface area contributed by atoms with E-state index < -0.39 is 5.97 Å². The van der Waals surface area contributed by atoms with E-state index in [4.69, 9.17) is 5.11 Å². The number of carboxylic acids is 1. The minimum Gasteiger partial charge on any atom is -0.481 e. The predicted octanol–water partition coefficient (Wildman–Crippen LogP) is 0.899. The van der Waals surface area contributed by atoms with Crippen molar-refractivity contribution >= 4 is 17.8 Å². The van der Waals surface area contributed by atoms with Crippen LogP contribution in [0.4, 0.5) is 0 Å². The summed E-state index contributed by atoms with van der Waals surface area (Å²) < 4.78 is 4.68. The largest absolute Gasteiger partial charge is 0.481 e. The van der Waals surface area contributed by atoms with Gasteiger partial charge in [0.25, 0.3) is 0 Å². The third kappa shape index (κ3) is 3.29. The lowest BCUT2D eigenvalue weighted by atomic mass is 9.82. The molecule has 0 radical (unpaired) electrons. The first-order valence-electron chi connectivity index (χ1n) is 7.09. The molecule has 2 rings (SSSR count). The molecule has 112 valence electrons. The zero-order valence-corrected chi connectivity index (χ0v) is 11.7. The molecule has 1 aliphatic heterocycles. The van der Waals surface area contributed by atoms with Gasteiger partial charge in [-0.3, -0.25) is 14.4 Å². The number of methoxy groups -OCH3 is 1.